The second-order valence-corrected chi connectivity index (χ2v) is 8.02. The van der Waals surface area contributed by atoms with Crippen molar-refractivity contribution in [2.24, 2.45) is 5.92 Å². The minimum atomic E-state index is 0.0742. The molecule has 0 spiro atoms. The minimum absolute atomic E-state index is 0.0742. The number of fused-ring (bicyclic) bond motifs is 1. The van der Waals surface area contributed by atoms with Crippen LogP contribution in [-0.4, -0.2) is 30.5 Å². The van der Waals surface area contributed by atoms with Crippen LogP contribution in [-0.2, 0) is 11.2 Å². The summed E-state index contributed by atoms with van der Waals surface area (Å²) in [6, 6.07) is 10.6. The zero-order valence-electron chi connectivity index (χ0n) is 15.3. The molecule has 2 aromatic carbocycles. The van der Waals surface area contributed by atoms with Crippen molar-refractivity contribution in [3.05, 3.63) is 40.9 Å². The lowest BCUT2D eigenvalue weighted by Gasteiger charge is -2.31. The fraction of sp³-hybridized carbons (Fsp3) is 0.500. The van der Waals surface area contributed by atoms with Crippen molar-refractivity contribution in [2.45, 2.75) is 51.0 Å². The van der Waals surface area contributed by atoms with E-state index in [-0.39, 0.29) is 5.92 Å². The van der Waals surface area contributed by atoms with Gasteiger partial charge in [0.15, 0.2) is 0 Å². The topological polar surface area (TPSA) is 29.5 Å². The van der Waals surface area contributed by atoms with Crippen LogP contribution in [0.15, 0.2) is 30.3 Å². The van der Waals surface area contributed by atoms with Gasteiger partial charge in [-0.25, -0.2) is 0 Å². The Hall–Kier alpha value is -1.74. The Bertz CT molecular complexity index is 813. The largest absolute Gasteiger partial charge is 0.497 e. The van der Waals surface area contributed by atoms with Gasteiger partial charge in [-0.2, -0.15) is 0 Å². The van der Waals surface area contributed by atoms with Crippen LogP contribution < -0.4 is 4.74 Å². The number of nitrogens with zero attached hydrogens (tertiary/aromatic N) is 1. The van der Waals surface area contributed by atoms with E-state index in [2.05, 4.69) is 17.0 Å². The minimum Gasteiger partial charge on any atom is -0.497 e. The first-order valence-corrected chi connectivity index (χ1v) is 10.1. The molecule has 2 aliphatic rings. The summed E-state index contributed by atoms with van der Waals surface area (Å²) in [7, 11) is 1.67. The molecule has 1 saturated heterocycles. The molecule has 2 fully saturated rings. The van der Waals surface area contributed by atoms with Gasteiger partial charge in [0.05, 0.1) is 12.1 Å². The number of amides is 1. The maximum Gasteiger partial charge on any atom is 0.226 e. The van der Waals surface area contributed by atoms with Gasteiger partial charge in [-0.3, -0.25) is 4.79 Å². The van der Waals surface area contributed by atoms with E-state index >= 15 is 0 Å². The average molecular weight is 372 g/mol. The predicted octanol–water partition coefficient (Wildman–Crippen LogP) is 5.23. The Morgan fingerprint density at radius 2 is 1.92 bits per heavy atom. The van der Waals surface area contributed by atoms with Crippen molar-refractivity contribution in [3.63, 3.8) is 0 Å². The van der Waals surface area contributed by atoms with Crippen LogP contribution in [0, 0.1) is 5.92 Å². The Morgan fingerprint density at radius 1 is 1.12 bits per heavy atom. The van der Waals surface area contributed by atoms with E-state index in [9.17, 15) is 4.79 Å². The molecule has 1 amide bonds. The molecule has 1 aliphatic heterocycles. The van der Waals surface area contributed by atoms with Gasteiger partial charge in [-0.05, 0) is 54.8 Å². The highest BCUT2D eigenvalue weighted by Crippen LogP contribution is 2.34. The van der Waals surface area contributed by atoms with Crippen LogP contribution in [0.2, 0.25) is 5.02 Å². The first-order valence-electron chi connectivity index (χ1n) is 9.73. The van der Waals surface area contributed by atoms with Crippen LogP contribution in [0.1, 0.15) is 44.1 Å². The molecule has 0 aromatic heterocycles. The molecule has 1 heterocycles. The number of halogens is 1. The van der Waals surface area contributed by atoms with Gasteiger partial charge in [-0.1, -0.05) is 43.0 Å². The van der Waals surface area contributed by atoms with Gasteiger partial charge in [0, 0.05) is 23.9 Å². The fourth-order valence-corrected chi connectivity index (χ4v) is 4.89. The molecule has 26 heavy (non-hydrogen) atoms. The Labute approximate surface area is 160 Å². The summed E-state index contributed by atoms with van der Waals surface area (Å²) >= 11 is 6.68. The third-order valence-electron chi connectivity index (χ3n) is 6.07. The van der Waals surface area contributed by atoms with E-state index in [1.165, 1.54) is 32.1 Å². The van der Waals surface area contributed by atoms with Crippen molar-refractivity contribution in [1.82, 2.24) is 4.90 Å². The monoisotopic (exact) mass is 371 g/mol. The van der Waals surface area contributed by atoms with Gasteiger partial charge in [0.1, 0.15) is 5.75 Å². The highest BCUT2D eigenvalue weighted by molar-refractivity contribution is 6.36. The molecule has 4 heteroatoms. The third-order valence-corrected chi connectivity index (χ3v) is 6.52. The number of hydrogen-bond acceptors (Lipinski definition) is 2. The molecule has 0 radical (unpaired) electrons. The predicted molar refractivity (Wildman–Crippen MR) is 106 cm³/mol. The Balaban J connectivity index is 1.52. The van der Waals surface area contributed by atoms with E-state index in [4.69, 9.17) is 16.3 Å². The standard InChI is InChI=1S/C22H26ClNO2/c1-26-19-9-10-20-15(14-19)7-8-16(21(20)23)13-17-11-12-24(22(17)25)18-5-3-2-4-6-18/h7-10,14,17-18H,2-6,11-13H2,1H3. The number of carbonyl (C=O) groups excluding carboxylic acids is 1. The lowest BCUT2D eigenvalue weighted by molar-refractivity contribution is -0.133. The van der Waals surface area contributed by atoms with Crippen molar-refractivity contribution in [3.8, 4) is 5.75 Å². The molecule has 1 saturated carbocycles. The first kappa shape index (κ1) is 17.7. The Kier molecular flexibility index (Phi) is 5.08. The molecular weight excluding hydrogens is 346 g/mol. The van der Waals surface area contributed by atoms with Crippen LogP contribution in [0.3, 0.4) is 0 Å². The number of ether oxygens (including phenoxy) is 1. The molecule has 4 rings (SSSR count). The van der Waals surface area contributed by atoms with E-state index < -0.39 is 0 Å². The Morgan fingerprint density at radius 3 is 2.69 bits per heavy atom. The number of carbonyl (C=O) groups is 1. The molecule has 2 aromatic rings. The summed E-state index contributed by atoms with van der Waals surface area (Å²) in [6.45, 7) is 0.913. The van der Waals surface area contributed by atoms with Crippen molar-refractivity contribution in [1.29, 1.82) is 0 Å². The van der Waals surface area contributed by atoms with Crippen LogP contribution in [0.25, 0.3) is 10.8 Å². The second kappa shape index (κ2) is 7.48. The van der Waals surface area contributed by atoms with Gasteiger partial charge in [0.2, 0.25) is 5.91 Å². The van der Waals surface area contributed by atoms with Crippen molar-refractivity contribution < 1.29 is 9.53 Å². The fourth-order valence-electron chi connectivity index (χ4n) is 4.57. The first-order chi connectivity index (χ1) is 12.7. The van der Waals surface area contributed by atoms with E-state index in [0.717, 1.165) is 46.5 Å². The summed E-state index contributed by atoms with van der Waals surface area (Å²) in [5, 5.41) is 2.87. The van der Waals surface area contributed by atoms with E-state index in [1.54, 1.807) is 7.11 Å². The summed E-state index contributed by atoms with van der Waals surface area (Å²) in [5.74, 6) is 1.24. The SMILES string of the molecule is COc1ccc2c(Cl)c(CC3CCN(C4CCCCC4)C3=O)ccc2c1. The number of likely N-dealkylation sites (tertiary alicyclic amines) is 1. The number of rotatable bonds is 4. The van der Waals surface area contributed by atoms with Gasteiger partial charge < -0.3 is 9.64 Å². The number of benzene rings is 2. The summed E-state index contributed by atoms with van der Waals surface area (Å²) in [5.41, 5.74) is 1.08. The molecule has 1 atom stereocenters. The highest BCUT2D eigenvalue weighted by Gasteiger charge is 2.36. The maximum absolute atomic E-state index is 12.9. The molecular formula is C22H26ClNO2. The van der Waals surface area contributed by atoms with E-state index in [0.29, 0.717) is 11.9 Å². The van der Waals surface area contributed by atoms with Crippen LogP contribution in [0.4, 0.5) is 0 Å². The van der Waals surface area contributed by atoms with Gasteiger partial charge >= 0.3 is 0 Å². The summed E-state index contributed by atoms with van der Waals surface area (Å²) in [6.07, 6.45) is 7.89. The summed E-state index contributed by atoms with van der Waals surface area (Å²) < 4.78 is 5.29. The quantitative estimate of drug-likeness (QED) is 0.736. The van der Waals surface area contributed by atoms with E-state index in [1.807, 2.05) is 18.2 Å². The van der Waals surface area contributed by atoms with Crippen molar-refractivity contribution in [2.75, 3.05) is 13.7 Å². The highest BCUT2D eigenvalue weighted by atomic mass is 35.5. The average Bonchev–Trinajstić information content (AvgIpc) is 3.05. The molecule has 1 unspecified atom stereocenters. The van der Waals surface area contributed by atoms with Crippen LogP contribution >= 0.6 is 11.6 Å². The number of hydrogen-bond donors (Lipinski definition) is 0. The third kappa shape index (κ3) is 3.29. The molecule has 138 valence electrons. The molecule has 1 aliphatic carbocycles. The lowest BCUT2D eigenvalue weighted by atomic mass is 9.93. The summed E-state index contributed by atoms with van der Waals surface area (Å²) in [4.78, 5) is 15.1. The second-order valence-electron chi connectivity index (χ2n) is 7.64. The number of methoxy groups -OCH3 is 1. The zero-order chi connectivity index (χ0) is 18.1. The molecule has 0 N–H and O–H groups in total. The lowest BCUT2D eigenvalue weighted by Crippen LogP contribution is -2.39. The smallest absolute Gasteiger partial charge is 0.226 e. The molecule has 0 bridgehead atoms. The maximum atomic E-state index is 12.9. The van der Waals surface area contributed by atoms with Crippen molar-refractivity contribution >= 4 is 28.3 Å². The van der Waals surface area contributed by atoms with Crippen LogP contribution in [0.5, 0.6) is 5.75 Å². The van der Waals surface area contributed by atoms with Gasteiger partial charge in [0.25, 0.3) is 0 Å². The zero-order valence-corrected chi connectivity index (χ0v) is 16.1. The van der Waals surface area contributed by atoms with Gasteiger partial charge in [-0.15, -0.1) is 0 Å². The normalized spacial score (nSPS) is 21.5. The molecule has 3 nitrogen and oxygen atoms in total.